The Bertz CT molecular complexity index is 438. The first-order chi connectivity index (χ1) is 6.77. The minimum atomic E-state index is -2.82. The van der Waals surface area contributed by atoms with Crippen LogP contribution in [-0.4, -0.2) is 8.42 Å². The Morgan fingerprint density at radius 1 is 1.21 bits per heavy atom. The van der Waals surface area contributed by atoms with E-state index in [0.29, 0.717) is 5.76 Å². The zero-order valence-corrected chi connectivity index (χ0v) is 8.37. The zero-order valence-electron chi connectivity index (χ0n) is 7.47. The van der Waals surface area contributed by atoms with E-state index < -0.39 is 11.0 Å². The number of allylic oxidation sites excluding steroid dienone is 1. The first-order valence-corrected chi connectivity index (χ1v) is 5.48. The van der Waals surface area contributed by atoms with Gasteiger partial charge in [0.05, 0.1) is 0 Å². The van der Waals surface area contributed by atoms with E-state index in [0.717, 1.165) is 24.0 Å². The second kappa shape index (κ2) is 3.84. The second-order valence-corrected chi connectivity index (χ2v) is 3.71. The minimum absolute atomic E-state index is 0.461. The van der Waals surface area contributed by atoms with Gasteiger partial charge >= 0.3 is 0 Å². The van der Waals surface area contributed by atoms with Crippen molar-refractivity contribution < 1.29 is 12.6 Å². The lowest BCUT2D eigenvalue weighted by Crippen LogP contribution is -2.01. The summed E-state index contributed by atoms with van der Waals surface area (Å²) in [4.78, 5) is 0. The fraction of sp³-hybridized carbons (Fsp3) is 0.200. The van der Waals surface area contributed by atoms with Crippen LogP contribution < -0.4 is 0 Å². The SMILES string of the molecule is O=[SH](=O)OC1=CCCc2ccccc21. The average Bonchev–Trinajstić information content (AvgIpc) is 2.18. The largest absolute Gasteiger partial charge is 0.384 e. The molecule has 2 rings (SSSR count). The van der Waals surface area contributed by atoms with Gasteiger partial charge in [-0.25, -0.2) is 0 Å². The molecular weight excluding hydrogens is 200 g/mol. The lowest BCUT2D eigenvalue weighted by molar-refractivity contribution is 0.484. The normalized spacial score (nSPS) is 14.8. The summed E-state index contributed by atoms with van der Waals surface area (Å²) in [5.41, 5.74) is 2.03. The van der Waals surface area contributed by atoms with E-state index >= 15 is 0 Å². The van der Waals surface area contributed by atoms with Gasteiger partial charge in [0.1, 0.15) is 5.76 Å². The first kappa shape index (κ1) is 9.27. The standard InChI is InChI=1S/C10H10O3S/c11-14(12)13-10-7-3-5-8-4-1-2-6-9(8)10/h1-2,4,6-7,14H,3,5H2. The molecule has 1 aliphatic rings. The Balaban J connectivity index is 2.40. The van der Waals surface area contributed by atoms with E-state index in [-0.39, 0.29) is 0 Å². The molecule has 0 fully saturated rings. The van der Waals surface area contributed by atoms with Crippen LogP contribution in [0, 0.1) is 0 Å². The number of hydrogen-bond donors (Lipinski definition) is 1. The maximum atomic E-state index is 10.5. The van der Waals surface area contributed by atoms with E-state index in [4.69, 9.17) is 4.18 Å². The van der Waals surface area contributed by atoms with Crippen molar-refractivity contribution in [2.45, 2.75) is 12.8 Å². The van der Waals surface area contributed by atoms with Crippen LogP contribution in [0.4, 0.5) is 0 Å². The second-order valence-electron chi connectivity index (χ2n) is 3.08. The highest BCUT2D eigenvalue weighted by Gasteiger charge is 2.13. The molecule has 4 heteroatoms. The number of fused-ring (bicyclic) bond motifs is 1. The molecule has 0 N–H and O–H groups in total. The molecule has 0 atom stereocenters. The zero-order chi connectivity index (χ0) is 9.97. The van der Waals surface area contributed by atoms with Gasteiger partial charge in [0.15, 0.2) is 0 Å². The van der Waals surface area contributed by atoms with E-state index in [1.165, 1.54) is 0 Å². The van der Waals surface area contributed by atoms with Gasteiger partial charge in [-0.05, 0) is 24.5 Å². The molecule has 0 aliphatic heterocycles. The van der Waals surface area contributed by atoms with Crippen molar-refractivity contribution in [3.05, 3.63) is 41.5 Å². The third kappa shape index (κ3) is 1.80. The predicted molar refractivity (Wildman–Crippen MR) is 54.1 cm³/mol. The molecule has 0 amide bonds. The number of rotatable bonds is 2. The molecule has 0 spiro atoms. The van der Waals surface area contributed by atoms with Crippen molar-refractivity contribution in [2.75, 3.05) is 0 Å². The summed E-state index contributed by atoms with van der Waals surface area (Å²) >= 11 is 0. The highest BCUT2D eigenvalue weighted by Crippen LogP contribution is 2.26. The van der Waals surface area contributed by atoms with Gasteiger partial charge in [-0.2, -0.15) is 8.42 Å². The van der Waals surface area contributed by atoms with Gasteiger partial charge in [-0.3, -0.25) is 0 Å². The quantitative estimate of drug-likeness (QED) is 0.752. The monoisotopic (exact) mass is 210 g/mol. The molecule has 0 aromatic heterocycles. The van der Waals surface area contributed by atoms with Gasteiger partial charge in [0, 0.05) is 5.56 Å². The number of aryl methyl sites for hydroxylation is 1. The Labute approximate surface area is 84.2 Å². The lowest BCUT2D eigenvalue weighted by atomic mass is 9.96. The molecule has 1 aliphatic carbocycles. The van der Waals surface area contributed by atoms with E-state index in [1.807, 2.05) is 30.3 Å². The molecule has 74 valence electrons. The number of hydrogen-bond acceptors (Lipinski definition) is 3. The molecule has 0 bridgehead atoms. The summed E-state index contributed by atoms with van der Waals surface area (Å²) in [5.74, 6) is 0.461. The van der Waals surface area contributed by atoms with Crippen LogP contribution in [0.3, 0.4) is 0 Å². The molecule has 0 saturated heterocycles. The van der Waals surface area contributed by atoms with Crippen LogP contribution in [-0.2, 0) is 21.6 Å². The fourth-order valence-electron chi connectivity index (χ4n) is 1.61. The van der Waals surface area contributed by atoms with Crippen molar-refractivity contribution in [1.29, 1.82) is 0 Å². The van der Waals surface area contributed by atoms with Crippen molar-refractivity contribution in [1.82, 2.24) is 0 Å². The summed E-state index contributed by atoms with van der Waals surface area (Å²) in [6, 6.07) is 7.68. The third-order valence-corrected chi connectivity index (χ3v) is 2.54. The van der Waals surface area contributed by atoms with Crippen LogP contribution in [0.15, 0.2) is 30.3 Å². The topological polar surface area (TPSA) is 43.4 Å². The van der Waals surface area contributed by atoms with Crippen molar-refractivity contribution in [2.24, 2.45) is 0 Å². The van der Waals surface area contributed by atoms with Crippen LogP contribution >= 0.6 is 0 Å². The average molecular weight is 210 g/mol. The molecule has 3 nitrogen and oxygen atoms in total. The predicted octanol–water partition coefficient (Wildman–Crippen LogP) is 1.52. The Morgan fingerprint density at radius 3 is 2.79 bits per heavy atom. The van der Waals surface area contributed by atoms with E-state index in [9.17, 15) is 8.42 Å². The van der Waals surface area contributed by atoms with Crippen molar-refractivity contribution in [3.8, 4) is 0 Å². The van der Waals surface area contributed by atoms with Crippen LogP contribution in [0.1, 0.15) is 17.5 Å². The van der Waals surface area contributed by atoms with Crippen LogP contribution in [0.25, 0.3) is 5.76 Å². The maximum absolute atomic E-state index is 10.5. The summed E-state index contributed by atoms with van der Waals surface area (Å²) in [5, 5.41) is 0. The Kier molecular flexibility index (Phi) is 2.54. The van der Waals surface area contributed by atoms with Crippen LogP contribution in [0.5, 0.6) is 0 Å². The summed E-state index contributed by atoms with van der Waals surface area (Å²) in [7, 11) is -2.82. The van der Waals surface area contributed by atoms with Crippen LogP contribution in [0.2, 0.25) is 0 Å². The lowest BCUT2D eigenvalue weighted by Gasteiger charge is -2.14. The van der Waals surface area contributed by atoms with Gasteiger partial charge in [-0.1, -0.05) is 24.3 Å². The summed E-state index contributed by atoms with van der Waals surface area (Å²) in [6.45, 7) is 0. The smallest absolute Gasteiger partial charge is 0.299 e. The Hall–Kier alpha value is -1.29. The molecular formula is C10H10O3S. The molecule has 0 radical (unpaired) electrons. The van der Waals surface area contributed by atoms with Gasteiger partial charge in [0.25, 0.3) is 11.0 Å². The highest BCUT2D eigenvalue weighted by molar-refractivity contribution is 7.67. The van der Waals surface area contributed by atoms with Crippen molar-refractivity contribution >= 4 is 16.7 Å². The highest BCUT2D eigenvalue weighted by atomic mass is 32.2. The molecule has 14 heavy (non-hydrogen) atoms. The summed E-state index contributed by atoms with van der Waals surface area (Å²) < 4.78 is 25.6. The van der Waals surface area contributed by atoms with E-state index in [1.54, 1.807) is 0 Å². The molecule has 0 saturated carbocycles. The first-order valence-electron chi connectivity index (χ1n) is 4.38. The third-order valence-electron chi connectivity index (χ3n) is 2.20. The minimum Gasteiger partial charge on any atom is -0.384 e. The van der Waals surface area contributed by atoms with Gasteiger partial charge in [0.2, 0.25) is 0 Å². The maximum Gasteiger partial charge on any atom is 0.299 e. The molecule has 0 unspecified atom stereocenters. The van der Waals surface area contributed by atoms with E-state index in [2.05, 4.69) is 0 Å². The Morgan fingerprint density at radius 2 is 2.00 bits per heavy atom. The summed E-state index contributed by atoms with van der Waals surface area (Å²) in [6.07, 6.45) is 3.58. The fourth-order valence-corrected chi connectivity index (χ4v) is 1.95. The van der Waals surface area contributed by atoms with Gasteiger partial charge < -0.3 is 4.18 Å². The van der Waals surface area contributed by atoms with Crippen molar-refractivity contribution in [3.63, 3.8) is 0 Å². The number of benzene rings is 1. The number of thiol groups is 1. The molecule has 1 aromatic carbocycles. The molecule has 1 aromatic rings. The molecule has 0 heterocycles. The van der Waals surface area contributed by atoms with Gasteiger partial charge in [-0.15, -0.1) is 0 Å².